The molecule has 0 aliphatic carbocycles. The van der Waals surface area contributed by atoms with E-state index in [-0.39, 0.29) is 12.4 Å². The Bertz CT molecular complexity index is 559. The lowest BCUT2D eigenvalue weighted by Gasteiger charge is -2.25. The van der Waals surface area contributed by atoms with Crippen molar-refractivity contribution in [2.45, 2.75) is 32.5 Å². The van der Waals surface area contributed by atoms with Crippen molar-refractivity contribution in [1.29, 1.82) is 0 Å². The third-order valence-corrected chi connectivity index (χ3v) is 3.67. The first kappa shape index (κ1) is 18.2. The number of rotatable bonds is 9. The van der Waals surface area contributed by atoms with E-state index in [1.165, 1.54) is 11.1 Å². The highest BCUT2D eigenvalue weighted by Crippen LogP contribution is 2.11. The monoisotopic (exact) mass is 327 g/mol. The van der Waals surface area contributed by atoms with Crippen LogP contribution in [0.15, 0.2) is 60.7 Å². The standard InChI is InChI=1S/C20H25NO3/c1-2-24-20(23)13-19(22)16-21(14-17-9-5-3-6-10-17)15-18-11-7-4-8-12-18/h3-12,19,22H,2,13-16H2,1H3/t19-/m1/s1. The van der Waals surface area contributed by atoms with Crippen LogP contribution in [0.2, 0.25) is 0 Å². The fraction of sp³-hybridized carbons (Fsp3) is 0.350. The van der Waals surface area contributed by atoms with Gasteiger partial charge in [0.2, 0.25) is 0 Å². The van der Waals surface area contributed by atoms with Crippen LogP contribution in [0.3, 0.4) is 0 Å². The number of hydrogen-bond donors (Lipinski definition) is 1. The number of benzene rings is 2. The molecule has 4 heteroatoms. The van der Waals surface area contributed by atoms with Gasteiger partial charge in [0.05, 0.1) is 19.1 Å². The third kappa shape index (κ3) is 6.52. The second-order valence-corrected chi connectivity index (χ2v) is 5.80. The van der Waals surface area contributed by atoms with E-state index in [0.29, 0.717) is 13.2 Å². The molecule has 0 radical (unpaired) electrons. The summed E-state index contributed by atoms with van der Waals surface area (Å²) in [7, 11) is 0. The summed E-state index contributed by atoms with van der Waals surface area (Å²) < 4.78 is 4.91. The highest BCUT2D eigenvalue weighted by atomic mass is 16.5. The Balaban J connectivity index is 2.00. The quantitative estimate of drug-likeness (QED) is 0.719. The minimum absolute atomic E-state index is 0.0217. The topological polar surface area (TPSA) is 49.8 Å². The molecule has 0 amide bonds. The fourth-order valence-electron chi connectivity index (χ4n) is 2.64. The van der Waals surface area contributed by atoms with Crippen LogP contribution in [0.5, 0.6) is 0 Å². The summed E-state index contributed by atoms with van der Waals surface area (Å²) >= 11 is 0. The summed E-state index contributed by atoms with van der Waals surface area (Å²) in [5.74, 6) is -0.357. The van der Waals surface area contributed by atoms with Crippen molar-refractivity contribution in [3.8, 4) is 0 Å². The molecule has 0 fully saturated rings. The van der Waals surface area contributed by atoms with Gasteiger partial charge in [-0.05, 0) is 18.1 Å². The van der Waals surface area contributed by atoms with Gasteiger partial charge in [0.1, 0.15) is 0 Å². The molecule has 0 spiro atoms. The van der Waals surface area contributed by atoms with E-state index in [1.807, 2.05) is 36.4 Å². The summed E-state index contributed by atoms with van der Waals surface area (Å²) in [5.41, 5.74) is 2.36. The first-order valence-electron chi connectivity index (χ1n) is 8.31. The normalized spacial score (nSPS) is 12.1. The Labute approximate surface area is 143 Å². The van der Waals surface area contributed by atoms with Crippen LogP contribution in [-0.4, -0.2) is 35.2 Å². The lowest BCUT2D eigenvalue weighted by atomic mass is 10.1. The minimum Gasteiger partial charge on any atom is -0.466 e. The molecule has 0 unspecified atom stereocenters. The van der Waals surface area contributed by atoms with Crippen LogP contribution in [-0.2, 0) is 22.6 Å². The molecule has 0 heterocycles. The highest BCUT2D eigenvalue weighted by molar-refractivity contribution is 5.69. The lowest BCUT2D eigenvalue weighted by Crippen LogP contribution is -2.33. The van der Waals surface area contributed by atoms with E-state index in [9.17, 15) is 9.90 Å². The van der Waals surface area contributed by atoms with Crippen molar-refractivity contribution in [3.05, 3.63) is 71.8 Å². The molecule has 2 aromatic rings. The number of carbonyl (C=O) groups excluding carboxylic acids is 1. The molecular formula is C20H25NO3. The molecule has 1 N–H and O–H groups in total. The molecule has 0 saturated heterocycles. The summed E-state index contributed by atoms with van der Waals surface area (Å²) in [6.07, 6.45) is -0.718. The lowest BCUT2D eigenvalue weighted by molar-refractivity contribution is -0.145. The van der Waals surface area contributed by atoms with Gasteiger partial charge in [-0.25, -0.2) is 0 Å². The smallest absolute Gasteiger partial charge is 0.308 e. The van der Waals surface area contributed by atoms with E-state index in [2.05, 4.69) is 29.2 Å². The molecule has 2 rings (SSSR count). The van der Waals surface area contributed by atoms with Gasteiger partial charge in [0.25, 0.3) is 0 Å². The van der Waals surface area contributed by atoms with Gasteiger partial charge in [-0.1, -0.05) is 60.7 Å². The van der Waals surface area contributed by atoms with Crippen LogP contribution in [0.4, 0.5) is 0 Å². The van der Waals surface area contributed by atoms with Crippen molar-refractivity contribution in [3.63, 3.8) is 0 Å². The zero-order valence-corrected chi connectivity index (χ0v) is 14.1. The van der Waals surface area contributed by atoms with Crippen LogP contribution in [0.1, 0.15) is 24.5 Å². The Kier molecular flexibility index (Phi) is 7.46. The Hall–Kier alpha value is -2.17. The molecular weight excluding hydrogens is 302 g/mol. The van der Waals surface area contributed by atoms with Crippen molar-refractivity contribution in [1.82, 2.24) is 4.90 Å². The Morgan fingerprint density at radius 3 is 1.96 bits per heavy atom. The summed E-state index contributed by atoms with van der Waals surface area (Å²) in [6, 6.07) is 20.3. The average molecular weight is 327 g/mol. The molecule has 0 bridgehead atoms. The number of esters is 1. The number of aliphatic hydroxyl groups excluding tert-OH is 1. The number of aliphatic hydroxyl groups is 1. The summed E-state index contributed by atoms with van der Waals surface area (Å²) in [5, 5.41) is 10.2. The number of ether oxygens (including phenoxy) is 1. The van der Waals surface area contributed by atoms with Gasteiger partial charge in [-0.2, -0.15) is 0 Å². The van der Waals surface area contributed by atoms with Crippen LogP contribution in [0, 0.1) is 0 Å². The molecule has 0 saturated carbocycles. The van der Waals surface area contributed by atoms with Crippen LogP contribution >= 0.6 is 0 Å². The van der Waals surface area contributed by atoms with Gasteiger partial charge in [0.15, 0.2) is 0 Å². The predicted octanol–water partition coefficient (Wildman–Crippen LogP) is 3.00. The molecule has 24 heavy (non-hydrogen) atoms. The zero-order valence-electron chi connectivity index (χ0n) is 14.1. The van der Waals surface area contributed by atoms with Crippen molar-refractivity contribution in [2.24, 2.45) is 0 Å². The molecule has 4 nitrogen and oxygen atoms in total. The highest BCUT2D eigenvalue weighted by Gasteiger charge is 2.16. The van der Waals surface area contributed by atoms with Crippen LogP contribution < -0.4 is 0 Å². The van der Waals surface area contributed by atoms with E-state index in [1.54, 1.807) is 6.92 Å². The summed E-state index contributed by atoms with van der Waals surface area (Å²) in [4.78, 5) is 13.7. The largest absolute Gasteiger partial charge is 0.466 e. The second kappa shape index (κ2) is 9.85. The first-order chi connectivity index (χ1) is 11.7. The van der Waals surface area contributed by atoms with Gasteiger partial charge in [0, 0.05) is 19.6 Å². The van der Waals surface area contributed by atoms with E-state index in [0.717, 1.165) is 13.1 Å². The Morgan fingerprint density at radius 1 is 1.00 bits per heavy atom. The molecule has 2 aromatic carbocycles. The third-order valence-electron chi connectivity index (χ3n) is 3.67. The predicted molar refractivity (Wildman–Crippen MR) is 94.3 cm³/mol. The SMILES string of the molecule is CCOC(=O)C[C@@H](O)CN(Cc1ccccc1)Cc1ccccc1. The van der Waals surface area contributed by atoms with Crippen LogP contribution in [0.25, 0.3) is 0 Å². The molecule has 0 aliphatic rings. The Morgan fingerprint density at radius 2 is 1.50 bits per heavy atom. The number of nitrogens with zero attached hydrogens (tertiary/aromatic N) is 1. The van der Waals surface area contributed by atoms with E-state index < -0.39 is 6.10 Å². The molecule has 128 valence electrons. The van der Waals surface area contributed by atoms with Gasteiger partial charge < -0.3 is 9.84 Å². The molecule has 0 aromatic heterocycles. The van der Waals surface area contributed by atoms with Gasteiger partial charge in [-0.15, -0.1) is 0 Å². The second-order valence-electron chi connectivity index (χ2n) is 5.80. The maximum Gasteiger partial charge on any atom is 0.308 e. The average Bonchev–Trinajstić information content (AvgIpc) is 2.56. The van der Waals surface area contributed by atoms with Crippen molar-refractivity contribution < 1.29 is 14.6 Å². The zero-order chi connectivity index (χ0) is 17.2. The van der Waals surface area contributed by atoms with Crippen molar-refractivity contribution >= 4 is 5.97 Å². The number of hydrogen-bond acceptors (Lipinski definition) is 4. The van der Waals surface area contributed by atoms with Gasteiger partial charge >= 0.3 is 5.97 Å². The fourth-order valence-corrected chi connectivity index (χ4v) is 2.64. The summed E-state index contributed by atoms with van der Waals surface area (Å²) in [6.45, 7) is 3.96. The number of carbonyl (C=O) groups is 1. The molecule has 0 aliphatic heterocycles. The van der Waals surface area contributed by atoms with E-state index >= 15 is 0 Å². The van der Waals surface area contributed by atoms with E-state index in [4.69, 9.17) is 4.74 Å². The minimum atomic E-state index is -0.739. The first-order valence-corrected chi connectivity index (χ1v) is 8.31. The maximum atomic E-state index is 11.6. The maximum absolute atomic E-state index is 11.6. The molecule has 1 atom stereocenters. The van der Waals surface area contributed by atoms with Crippen molar-refractivity contribution in [2.75, 3.05) is 13.2 Å². The van der Waals surface area contributed by atoms with Gasteiger partial charge in [-0.3, -0.25) is 9.69 Å².